The summed E-state index contributed by atoms with van der Waals surface area (Å²) in [5.41, 5.74) is 1.99. The Morgan fingerprint density at radius 2 is 1.75 bits per heavy atom. The van der Waals surface area contributed by atoms with E-state index in [1.54, 1.807) is 28.8 Å². The molecule has 128 valence electrons. The molecule has 2 rings (SSSR count). The van der Waals surface area contributed by atoms with Crippen LogP contribution in [-0.4, -0.2) is 16.1 Å². The van der Waals surface area contributed by atoms with Crippen molar-refractivity contribution in [2.75, 3.05) is 0 Å². The summed E-state index contributed by atoms with van der Waals surface area (Å²) in [6, 6.07) is 10.7. The van der Waals surface area contributed by atoms with Crippen molar-refractivity contribution < 1.29 is 9.53 Å². The third-order valence-corrected chi connectivity index (χ3v) is 4.44. The Labute approximate surface area is 150 Å². The Balaban J connectivity index is 2.07. The van der Waals surface area contributed by atoms with Gasteiger partial charge >= 0.3 is 5.97 Å². The fourth-order valence-electron chi connectivity index (χ4n) is 2.31. The predicted molar refractivity (Wildman–Crippen MR) is 98.5 cm³/mol. The van der Waals surface area contributed by atoms with E-state index in [4.69, 9.17) is 4.74 Å². The van der Waals surface area contributed by atoms with Gasteiger partial charge in [-0.3, -0.25) is 4.79 Å². The van der Waals surface area contributed by atoms with Crippen molar-refractivity contribution in [1.29, 1.82) is 0 Å². The van der Waals surface area contributed by atoms with Gasteiger partial charge in [0.2, 0.25) is 0 Å². The summed E-state index contributed by atoms with van der Waals surface area (Å²) in [5, 5.41) is 0. The van der Waals surface area contributed by atoms with Crippen LogP contribution >= 0.6 is 15.9 Å². The quantitative estimate of drug-likeness (QED) is 0.736. The lowest BCUT2D eigenvalue weighted by atomic mass is 10.1. The monoisotopic (exact) mass is 391 g/mol. The molecular formula is C19H22BrNO3. The van der Waals surface area contributed by atoms with Crippen LogP contribution in [0.15, 0.2) is 45.7 Å². The molecule has 0 fully saturated rings. The number of carbonyl (C=O) groups excluding carboxylic acids is 1. The smallest absolute Gasteiger partial charge is 0.338 e. The van der Waals surface area contributed by atoms with Crippen molar-refractivity contribution in [3.8, 4) is 0 Å². The van der Waals surface area contributed by atoms with E-state index in [0.29, 0.717) is 18.5 Å². The molecule has 24 heavy (non-hydrogen) atoms. The second kappa shape index (κ2) is 7.34. The van der Waals surface area contributed by atoms with Crippen molar-refractivity contribution in [2.45, 2.75) is 46.3 Å². The van der Waals surface area contributed by atoms with Crippen LogP contribution < -0.4 is 5.56 Å². The number of carbonyl (C=O) groups is 1. The molecule has 5 heteroatoms. The molecule has 0 aliphatic heterocycles. The molecule has 0 saturated heterocycles. The summed E-state index contributed by atoms with van der Waals surface area (Å²) in [4.78, 5) is 24.0. The molecule has 1 heterocycles. The number of hydrogen-bond donors (Lipinski definition) is 0. The molecule has 0 amide bonds. The second-order valence-electron chi connectivity index (χ2n) is 6.71. The fraction of sp³-hybridized carbons (Fsp3) is 0.368. The largest absolute Gasteiger partial charge is 0.456 e. The van der Waals surface area contributed by atoms with Gasteiger partial charge in [-0.1, -0.05) is 12.1 Å². The number of ether oxygens (including phenoxy) is 1. The average Bonchev–Trinajstić information content (AvgIpc) is 2.50. The minimum absolute atomic E-state index is 0.0129. The fourth-order valence-corrected chi connectivity index (χ4v) is 2.66. The first-order valence-corrected chi connectivity index (χ1v) is 8.65. The first-order chi connectivity index (χ1) is 11.2. The van der Waals surface area contributed by atoms with Crippen LogP contribution in [0.1, 0.15) is 42.4 Å². The second-order valence-corrected chi connectivity index (χ2v) is 7.56. The number of esters is 1. The Morgan fingerprint density at radius 3 is 2.33 bits per heavy atom. The Hall–Kier alpha value is -1.88. The predicted octanol–water partition coefficient (Wildman–Crippen LogP) is 4.12. The van der Waals surface area contributed by atoms with Gasteiger partial charge in [0.1, 0.15) is 5.60 Å². The lowest BCUT2D eigenvalue weighted by Crippen LogP contribution is -2.24. The van der Waals surface area contributed by atoms with Gasteiger partial charge in [0.15, 0.2) is 0 Å². The van der Waals surface area contributed by atoms with Gasteiger partial charge in [-0.2, -0.15) is 0 Å². The maximum Gasteiger partial charge on any atom is 0.338 e. The van der Waals surface area contributed by atoms with Gasteiger partial charge < -0.3 is 9.30 Å². The highest BCUT2D eigenvalue weighted by atomic mass is 79.9. The van der Waals surface area contributed by atoms with E-state index in [1.165, 1.54) is 0 Å². The number of aromatic nitrogens is 1. The molecule has 0 spiro atoms. The van der Waals surface area contributed by atoms with Gasteiger partial charge in [0, 0.05) is 22.8 Å². The number of nitrogens with zero attached hydrogens (tertiary/aromatic N) is 1. The SMILES string of the molecule is Cc1c(Br)ccc(=O)n1CCc1ccc(C(=O)OC(C)(C)C)cc1. The van der Waals surface area contributed by atoms with E-state index < -0.39 is 5.60 Å². The first kappa shape index (κ1) is 18.5. The standard InChI is InChI=1S/C19H22BrNO3/c1-13-16(20)9-10-17(22)21(13)12-11-14-5-7-15(8-6-14)18(23)24-19(2,3)4/h5-10H,11-12H2,1-4H3. The van der Waals surface area contributed by atoms with E-state index >= 15 is 0 Å². The van der Waals surface area contributed by atoms with Crippen molar-refractivity contribution in [1.82, 2.24) is 4.57 Å². The maximum atomic E-state index is 12.0. The molecule has 4 nitrogen and oxygen atoms in total. The van der Waals surface area contributed by atoms with Crippen molar-refractivity contribution in [3.63, 3.8) is 0 Å². The Morgan fingerprint density at radius 1 is 1.12 bits per heavy atom. The zero-order valence-corrected chi connectivity index (χ0v) is 16.0. The normalized spacial score (nSPS) is 11.4. The van der Waals surface area contributed by atoms with E-state index in [2.05, 4.69) is 15.9 Å². The number of aryl methyl sites for hydroxylation is 1. The van der Waals surface area contributed by atoms with Gasteiger partial charge in [-0.15, -0.1) is 0 Å². The lowest BCUT2D eigenvalue weighted by Gasteiger charge is -2.19. The summed E-state index contributed by atoms with van der Waals surface area (Å²) in [5.74, 6) is -0.326. The molecule has 0 bridgehead atoms. The summed E-state index contributed by atoms with van der Waals surface area (Å²) >= 11 is 3.44. The molecule has 1 aromatic heterocycles. The zero-order chi connectivity index (χ0) is 17.9. The van der Waals surface area contributed by atoms with Crippen LogP contribution in [-0.2, 0) is 17.7 Å². The number of halogens is 1. The van der Waals surface area contributed by atoms with Gasteiger partial charge in [-0.25, -0.2) is 4.79 Å². The summed E-state index contributed by atoms with van der Waals surface area (Å²) in [7, 11) is 0. The van der Waals surface area contributed by atoms with Crippen molar-refractivity contribution in [3.05, 3.63) is 68.0 Å². The highest BCUT2D eigenvalue weighted by Gasteiger charge is 2.17. The summed E-state index contributed by atoms with van der Waals surface area (Å²) < 4.78 is 8.01. The van der Waals surface area contributed by atoms with Crippen LogP contribution in [0.5, 0.6) is 0 Å². The number of pyridine rings is 1. The van der Waals surface area contributed by atoms with E-state index in [1.807, 2.05) is 39.8 Å². The van der Waals surface area contributed by atoms with Gasteiger partial charge in [0.25, 0.3) is 5.56 Å². The minimum Gasteiger partial charge on any atom is -0.456 e. The van der Waals surface area contributed by atoms with Crippen molar-refractivity contribution >= 4 is 21.9 Å². The van der Waals surface area contributed by atoms with E-state index in [9.17, 15) is 9.59 Å². The lowest BCUT2D eigenvalue weighted by molar-refractivity contribution is 0.00695. The van der Waals surface area contributed by atoms with Gasteiger partial charge in [0.05, 0.1) is 5.56 Å². The third-order valence-electron chi connectivity index (χ3n) is 3.60. The first-order valence-electron chi connectivity index (χ1n) is 7.85. The zero-order valence-electron chi connectivity index (χ0n) is 14.4. The molecule has 0 N–H and O–H groups in total. The molecule has 0 aliphatic rings. The number of hydrogen-bond acceptors (Lipinski definition) is 3. The van der Waals surface area contributed by atoms with Crippen molar-refractivity contribution in [2.24, 2.45) is 0 Å². The van der Waals surface area contributed by atoms with E-state index in [-0.39, 0.29) is 11.5 Å². The van der Waals surface area contributed by atoms with Gasteiger partial charge in [-0.05, 0) is 73.8 Å². The Kier molecular flexibility index (Phi) is 5.65. The third kappa shape index (κ3) is 4.81. The van der Waals surface area contributed by atoms with Crippen LogP contribution in [0.4, 0.5) is 0 Å². The summed E-state index contributed by atoms with van der Waals surface area (Å²) in [6.45, 7) is 8.04. The molecule has 0 unspecified atom stereocenters. The molecular weight excluding hydrogens is 370 g/mol. The highest BCUT2D eigenvalue weighted by molar-refractivity contribution is 9.10. The molecule has 0 saturated carbocycles. The van der Waals surface area contributed by atoms with Crippen LogP contribution in [0.2, 0.25) is 0 Å². The molecule has 0 aliphatic carbocycles. The molecule has 1 aromatic carbocycles. The molecule has 0 atom stereocenters. The number of rotatable bonds is 4. The van der Waals surface area contributed by atoms with Crippen LogP contribution in [0.25, 0.3) is 0 Å². The topological polar surface area (TPSA) is 48.3 Å². The molecule has 2 aromatic rings. The van der Waals surface area contributed by atoms with Crippen LogP contribution in [0.3, 0.4) is 0 Å². The summed E-state index contributed by atoms with van der Waals surface area (Å²) in [6.07, 6.45) is 0.714. The minimum atomic E-state index is -0.505. The Bertz CT molecular complexity index is 786. The highest BCUT2D eigenvalue weighted by Crippen LogP contribution is 2.15. The van der Waals surface area contributed by atoms with Crippen LogP contribution in [0, 0.1) is 6.92 Å². The number of benzene rings is 1. The maximum absolute atomic E-state index is 12.0. The van der Waals surface area contributed by atoms with E-state index in [0.717, 1.165) is 15.7 Å². The molecule has 0 radical (unpaired) electrons. The average molecular weight is 392 g/mol.